The van der Waals surface area contributed by atoms with Crippen molar-refractivity contribution in [2.24, 2.45) is 0 Å². The fourth-order valence-electron chi connectivity index (χ4n) is 1.27. The van der Waals surface area contributed by atoms with Crippen molar-refractivity contribution in [3.8, 4) is 5.75 Å². The number of halogens is 6. The highest BCUT2D eigenvalue weighted by Crippen LogP contribution is 2.32. The molecule has 0 aliphatic carbocycles. The Morgan fingerprint density at radius 2 is 1.60 bits per heavy atom. The van der Waals surface area contributed by atoms with Crippen LogP contribution in [0.5, 0.6) is 5.75 Å². The summed E-state index contributed by atoms with van der Waals surface area (Å²) in [6.07, 6.45) is -13.5. The number of alkyl halides is 6. The molecule has 0 saturated carbocycles. The van der Waals surface area contributed by atoms with Crippen molar-refractivity contribution >= 4 is 5.97 Å². The lowest BCUT2D eigenvalue weighted by Gasteiger charge is -2.20. The molecule has 20 heavy (non-hydrogen) atoms. The average Bonchev–Trinajstić information content (AvgIpc) is 2.25. The first-order valence-electron chi connectivity index (χ1n) is 5.12. The van der Waals surface area contributed by atoms with Gasteiger partial charge in [0.25, 0.3) is 0 Å². The van der Waals surface area contributed by atoms with E-state index in [1.54, 1.807) is 0 Å². The van der Waals surface area contributed by atoms with Crippen molar-refractivity contribution in [2.75, 3.05) is 0 Å². The summed E-state index contributed by atoms with van der Waals surface area (Å²) in [4.78, 5) is 10.3. The Hall–Kier alpha value is -1.93. The summed E-state index contributed by atoms with van der Waals surface area (Å²) in [7, 11) is 0. The van der Waals surface area contributed by atoms with Gasteiger partial charge in [-0.3, -0.25) is 4.79 Å². The van der Waals surface area contributed by atoms with E-state index in [1.165, 1.54) is 0 Å². The largest absolute Gasteiger partial charge is 0.481 e. The lowest BCUT2D eigenvalue weighted by atomic mass is 10.2. The molecular formula is C11H8F6O3. The van der Waals surface area contributed by atoms with Gasteiger partial charge in [-0.25, -0.2) is 0 Å². The summed E-state index contributed by atoms with van der Waals surface area (Å²) in [5.41, 5.74) is -1.05. The number of hydrogen-bond donors (Lipinski definition) is 1. The van der Waals surface area contributed by atoms with Crippen molar-refractivity contribution in [1.82, 2.24) is 0 Å². The summed E-state index contributed by atoms with van der Waals surface area (Å²) in [6.45, 7) is 0. The highest BCUT2D eigenvalue weighted by atomic mass is 19.4. The number of ether oxygens (including phenoxy) is 1. The Bertz CT molecular complexity index is 463. The molecule has 1 atom stereocenters. The lowest BCUT2D eigenvalue weighted by Crippen LogP contribution is -2.36. The highest BCUT2D eigenvalue weighted by molar-refractivity contribution is 5.67. The molecule has 0 radical (unpaired) electrons. The van der Waals surface area contributed by atoms with Crippen LogP contribution in [0.3, 0.4) is 0 Å². The first kappa shape index (κ1) is 16.1. The van der Waals surface area contributed by atoms with Crippen LogP contribution in [-0.4, -0.2) is 23.4 Å². The summed E-state index contributed by atoms with van der Waals surface area (Å²) in [5.74, 6) is -2.24. The summed E-state index contributed by atoms with van der Waals surface area (Å²) >= 11 is 0. The SMILES string of the molecule is O=C(O)CC(Oc1ccc(C(F)(F)F)cc1)C(F)(F)F. The predicted octanol–water partition coefficient (Wildman–Crippen LogP) is 3.49. The van der Waals surface area contributed by atoms with Crippen molar-refractivity contribution in [2.45, 2.75) is 24.9 Å². The molecule has 0 spiro atoms. The van der Waals surface area contributed by atoms with Gasteiger partial charge < -0.3 is 9.84 Å². The first-order chi connectivity index (χ1) is 9.00. The van der Waals surface area contributed by atoms with Gasteiger partial charge in [0.15, 0.2) is 0 Å². The topological polar surface area (TPSA) is 46.5 Å². The van der Waals surface area contributed by atoms with Crippen LogP contribution < -0.4 is 4.74 Å². The number of benzene rings is 1. The van der Waals surface area contributed by atoms with E-state index in [0.29, 0.717) is 24.3 Å². The molecule has 1 rings (SSSR count). The molecule has 1 N–H and O–H groups in total. The van der Waals surface area contributed by atoms with Gasteiger partial charge >= 0.3 is 18.3 Å². The molecule has 9 heteroatoms. The monoisotopic (exact) mass is 302 g/mol. The lowest BCUT2D eigenvalue weighted by molar-refractivity contribution is -0.200. The zero-order valence-electron chi connectivity index (χ0n) is 9.63. The quantitative estimate of drug-likeness (QED) is 0.866. The normalized spacial score (nSPS) is 13.9. The number of carbonyl (C=O) groups is 1. The Labute approximate surface area is 108 Å². The third-order valence-corrected chi connectivity index (χ3v) is 2.19. The molecule has 1 unspecified atom stereocenters. The van der Waals surface area contributed by atoms with Crippen molar-refractivity contribution in [1.29, 1.82) is 0 Å². The molecular weight excluding hydrogens is 294 g/mol. The maximum absolute atomic E-state index is 12.5. The third kappa shape index (κ3) is 4.63. The highest BCUT2D eigenvalue weighted by Gasteiger charge is 2.43. The van der Waals surface area contributed by atoms with E-state index in [1.807, 2.05) is 0 Å². The van der Waals surface area contributed by atoms with Gasteiger partial charge in [-0.2, -0.15) is 26.3 Å². The zero-order valence-corrected chi connectivity index (χ0v) is 9.63. The van der Waals surface area contributed by atoms with E-state index < -0.39 is 42.2 Å². The molecule has 0 bridgehead atoms. The van der Waals surface area contributed by atoms with Gasteiger partial charge in [0.05, 0.1) is 12.0 Å². The molecule has 0 amide bonds. The van der Waals surface area contributed by atoms with E-state index in [0.717, 1.165) is 0 Å². The van der Waals surface area contributed by atoms with Crippen LogP contribution >= 0.6 is 0 Å². The van der Waals surface area contributed by atoms with E-state index in [9.17, 15) is 31.1 Å². The fraction of sp³-hybridized carbons (Fsp3) is 0.364. The maximum Gasteiger partial charge on any atom is 0.425 e. The van der Waals surface area contributed by atoms with Crippen LogP contribution in [0, 0.1) is 0 Å². The minimum absolute atomic E-state index is 0.499. The standard InChI is InChI=1S/C11H8F6O3/c12-10(13,14)6-1-3-7(4-2-6)20-8(5-9(18)19)11(15,16)17/h1-4,8H,5H2,(H,18,19). The van der Waals surface area contributed by atoms with Gasteiger partial charge in [0, 0.05) is 0 Å². The van der Waals surface area contributed by atoms with Crippen LogP contribution in [0.2, 0.25) is 0 Å². The molecule has 0 aliphatic heterocycles. The Morgan fingerprint density at radius 1 is 1.10 bits per heavy atom. The van der Waals surface area contributed by atoms with Crippen molar-refractivity contribution < 1.29 is 41.0 Å². The smallest absolute Gasteiger partial charge is 0.425 e. The summed E-state index contributed by atoms with van der Waals surface area (Å²) in [6, 6.07) is 2.49. The second kappa shape index (κ2) is 5.59. The zero-order chi connectivity index (χ0) is 15.6. The number of aliphatic carboxylic acids is 1. The number of rotatable bonds is 4. The first-order valence-corrected chi connectivity index (χ1v) is 5.12. The van der Waals surface area contributed by atoms with Crippen molar-refractivity contribution in [3.63, 3.8) is 0 Å². The molecule has 0 aromatic heterocycles. The van der Waals surface area contributed by atoms with Gasteiger partial charge in [-0.15, -0.1) is 0 Å². The van der Waals surface area contributed by atoms with Gasteiger partial charge in [0.2, 0.25) is 6.10 Å². The second-order valence-electron chi connectivity index (χ2n) is 3.77. The Balaban J connectivity index is 2.87. The minimum atomic E-state index is -4.94. The molecule has 112 valence electrons. The molecule has 1 aromatic rings. The van der Waals surface area contributed by atoms with Crippen LogP contribution in [0.4, 0.5) is 26.3 Å². The molecule has 3 nitrogen and oxygen atoms in total. The fourth-order valence-corrected chi connectivity index (χ4v) is 1.27. The van der Waals surface area contributed by atoms with Crippen molar-refractivity contribution in [3.05, 3.63) is 29.8 Å². The Kier molecular flexibility index (Phi) is 4.51. The molecule has 1 aromatic carbocycles. The number of carboxylic acids is 1. The van der Waals surface area contributed by atoms with Gasteiger partial charge in [0.1, 0.15) is 5.75 Å². The molecule has 0 fully saturated rings. The van der Waals surface area contributed by atoms with E-state index in [-0.39, 0.29) is 0 Å². The molecule has 0 heterocycles. The van der Waals surface area contributed by atoms with Crippen LogP contribution in [0.1, 0.15) is 12.0 Å². The Morgan fingerprint density at radius 3 is 1.95 bits per heavy atom. The van der Waals surface area contributed by atoms with Crippen LogP contribution in [-0.2, 0) is 11.0 Å². The minimum Gasteiger partial charge on any atom is -0.481 e. The van der Waals surface area contributed by atoms with Gasteiger partial charge in [-0.05, 0) is 24.3 Å². The average molecular weight is 302 g/mol. The van der Waals surface area contributed by atoms with E-state index in [2.05, 4.69) is 4.74 Å². The number of hydrogen-bond acceptors (Lipinski definition) is 2. The predicted molar refractivity (Wildman–Crippen MR) is 54.2 cm³/mol. The molecule has 0 saturated heterocycles. The maximum atomic E-state index is 12.5. The second-order valence-corrected chi connectivity index (χ2v) is 3.77. The number of carboxylic acid groups (broad SMARTS) is 1. The van der Waals surface area contributed by atoms with Gasteiger partial charge in [-0.1, -0.05) is 0 Å². The van der Waals surface area contributed by atoms with E-state index in [4.69, 9.17) is 5.11 Å². The van der Waals surface area contributed by atoms with Crippen LogP contribution in [0.15, 0.2) is 24.3 Å². The van der Waals surface area contributed by atoms with E-state index >= 15 is 0 Å². The van der Waals surface area contributed by atoms with Crippen LogP contribution in [0.25, 0.3) is 0 Å². The summed E-state index contributed by atoms with van der Waals surface area (Å²) in [5, 5.41) is 8.35. The third-order valence-electron chi connectivity index (χ3n) is 2.19. The molecule has 0 aliphatic rings. The summed E-state index contributed by atoms with van der Waals surface area (Å²) < 4.78 is 78.5.